The summed E-state index contributed by atoms with van der Waals surface area (Å²) in [6.45, 7) is 0.960. The summed E-state index contributed by atoms with van der Waals surface area (Å²) in [5.74, 6) is -3.31. The van der Waals surface area contributed by atoms with Crippen LogP contribution in [-0.2, 0) is 20.8 Å². The van der Waals surface area contributed by atoms with E-state index in [2.05, 4.69) is 27.9 Å². The molecule has 3 aromatic rings. The van der Waals surface area contributed by atoms with Crippen LogP contribution in [0.1, 0.15) is 5.56 Å². The molecule has 32 heavy (non-hydrogen) atoms. The molecule has 0 aliphatic carbocycles. The van der Waals surface area contributed by atoms with Crippen molar-refractivity contribution in [3.05, 3.63) is 76.4 Å². The van der Waals surface area contributed by atoms with Crippen molar-refractivity contribution >= 4 is 46.9 Å². The molecule has 0 unspecified atom stereocenters. The van der Waals surface area contributed by atoms with Crippen molar-refractivity contribution in [3.63, 3.8) is 0 Å². The summed E-state index contributed by atoms with van der Waals surface area (Å²) in [6, 6.07) is 17.1. The molecule has 168 valence electrons. The Morgan fingerprint density at radius 1 is 0.938 bits per heavy atom. The van der Waals surface area contributed by atoms with E-state index < -0.39 is 11.9 Å². The number of carboxylic acid groups (broad SMARTS) is 2. The number of carbonyl (C=O) groups is 3. The van der Waals surface area contributed by atoms with Gasteiger partial charge in [0.1, 0.15) is 0 Å². The molecule has 0 bridgehead atoms. The Hall–Kier alpha value is -3.40. The fraction of sp³-hybridized carbons (Fsp3) is 0.143. The van der Waals surface area contributed by atoms with Crippen molar-refractivity contribution in [1.82, 2.24) is 15.1 Å². The fourth-order valence-electron chi connectivity index (χ4n) is 2.43. The Morgan fingerprint density at radius 3 is 2.25 bits per heavy atom. The summed E-state index contributed by atoms with van der Waals surface area (Å²) in [4.78, 5) is 30.2. The van der Waals surface area contributed by atoms with Crippen molar-refractivity contribution in [3.8, 4) is 5.69 Å². The molecule has 2 aromatic carbocycles. The SMILES string of the molecule is O=C(CNCCc1ccccc1)Nc1ccn(-c2ccc(Cl)c(Cl)c2)n1.O=C(O)C(=O)O. The maximum Gasteiger partial charge on any atom is 0.414 e. The lowest BCUT2D eigenvalue weighted by molar-refractivity contribution is -0.159. The normalized spacial score (nSPS) is 10.1. The first-order valence-corrected chi connectivity index (χ1v) is 10.0. The number of hydrogen-bond donors (Lipinski definition) is 4. The topological polar surface area (TPSA) is 134 Å². The van der Waals surface area contributed by atoms with Gasteiger partial charge in [0, 0.05) is 12.3 Å². The van der Waals surface area contributed by atoms with Gasteiger partial charge in [0.2, 0.25) is 5.91 Å². The number of aliphatic carboxylic acids is 2. The predicted molar refractivity (Wildman–Crippen MR) is 121 cm³/mol. The molecular weight excluding hydrogens is 459 g/mol. The molecule has 0 fully saturated rings. The second kappa shape index (κ2) is 12.5. The highest BCUT2D eigenvalue weighted by Gasteiger charge is 2.07. The number of nitrogens with zero attached hydrogens (tertiary/aromatic N) is 2. The first-order valence-electron chi connectivity index (χ1n) is 9.28. The van der Waals surface area contributed by atoms with Crippen molar-refractivity contribution in [2.75, 3.05) is 18.4 Å². The van der Waals surface area contributed by atoms with E-state index in [0.29, 0.717) is 15.9 Å². The first kappa shape index (κ1) is 24.9. The zero-order valence-corrected chi connectivity index (χ0v) is 18.2. The van der Waals surface area contributed by atoms with Gasteiger partial charge in [0.15, 0.2) is 5.82 Å². The smallest absolute Gasteiger partial charge is 0.414 e. The van der Waals surface area contributed by atoms with Crippen LogP contribution >= 0.6 is 23.2 Å². The molecule has 1 aromatic heterocycles. The number of rotatable bonds is 7. The highest BCUT2D eigenvalue weighted by atomic mass is 35.5. The van der Waals surface area contributed by atoms with E-state index in [9.17, 15) is 4.79 Å². The molecule has 0 radical (unpaired) electrons. The number of carboxylic acids is 2. The molecule has 0 atom stereocenters. The number of amides is 1. The molecule has 0 saturated heterocycles. The quantitative estimate of drug-likeness (QED) is 0.302. The summed E-state index contributed by atoms with van der Waals surface area (Å²) in [5, 5.41) is 25.9. The number of nitrogens with one attached hydrogen (secondary N) is 2. The van der Waals surface area contributed by atoms with Gasteiger partial charge in [-0.25, -0.2) is 14.3 Å². The van der Waals surface area contributed by atoms with Gasteiger partial charge in [0.25, 0.3) is 0 Å². The van der Waals surface area contributed by atoms with Crippen LogP contribution in [0.4, 0.5) is 5.82 Å². The van der Waals surface area contributed by atoms with E-state index in [-0.39, 0.29) is 12.5 Å². The van der Waals surface area contributed by atoms with E-state index in [1.165, 1.54) is 5.56 Å². The number of benzene rings is 2. The van der Waals surface area contributed by atoms with Crippen LogP contribution in [0.25, 0.3) is 5.69 Å². The van der Waals surface area contributed by atoms with Crippen molar-refractivity contribution in [1.29, 1.82) is 0 Å². The van der Waals surface area contributed by atoms with Crippen LogP contribution in [0.5, 0.6) is 0 Å². The maximum absolute atomic E-state index is 12.0. The van der Waals surface area contributed by atoms with Crippen molar-refractivity contribution < 1.29 is 24.6 Å². The second-order valence-electron chi connectivity index (χ2n) is 6.31. The monoisotopic (exact) mass is 478 g/mol. The van der Waals surface area contributed by atoms with Gasteiger partial charge in [-0.3, -0.25) is 4.79 Å². The van der Waals surface area contributed by atoms with Gasteiger partial charge in [-0.1, -0.05) is 53.5 Å². The van der Waals surface area contributed by atoms with E-state index in [1.807, 2.05) is 18.2 Å². The summed E-state index contributed by atoms with van der Waals surface area (Å²) in [5.41, 5.74) is 2.00. The van der Waals surface area contributed by atoms with Gasteiger partial charge in [-0.15, -0.1) is 0 Å². The Balaban J connectivity index is 0.000000534. The number of carbonyl (C=O) groups excluding carboxylic acids is 1. The number of halogens is 2. The van der Waals surface area contributed by atoms with E-state index in [4.69, 9.17) is 43.0 Å². The summed E-state index contributed by atoms with van der Waals surface area (Å²) < 4.78 is 1.63. The highest BCUT2D eigenvalue weighted by molar-refractivity contribution is 6.42. The van der Waals surface area contributed by atoms with E-state index in [0.717, 1.165) is 18.7 Å². The first-order chi connectivity index (χ1) is 15.3. The lowest BCUT2D eigenvalue weighted by Crippen LogP contribution is -2.29. The third-order valence-corrected chi connectivity index (χ3v) is 4.67. The van der Waals surface area contributed by atoms with Crippen LogP contribution in [0.3, 0.4) is 0 Å². The zero-order valence-electron chi connectivity index (χ0n) is 16.7. The van der Waals surface area contributed by atoms with Gasteiger partial charge < -0.3 is 20.8 Å². The van der Waals surface area contributed by atoms with Crippen LogP contribution in [0.2, 0.25) is 10.0 Å². The Kier molecular flexibility index (Phi) is 9.68. The molecule has 1 amide bonds. The predicted octanol–water partition coefficient (Wildman–Crippen LogP) is 3.11. The van der Waals surface area contributed by atoms with Crippen LogP contribution in [-0.4, -0.2) is 50.9 Å². The van der Waals surface area contributed by atoms with Gasteiger partial charge in [0.05, 0.1) is 22.3 Å². The molecule has 11 heteroatoms. The zero-order chi connectivity index (χ0) is 23.5. The molecule has 0 aliphatic heterocycles. The standard InChI is InChI=1S/C19H18Cl2N4O.C2H2O4/c20-16-7-6-15(12-17(16)21)25-11-9-18(24-25)23-19(26)13-22-10-8-14-4-2-1-3-5-14;3-1(4)2(5)6/h1-7,9,11-12,22H,8,10,13H2,(H,23,24,26);(H,3,4)(H,5,6). The van der Waals surface area contributed by atoms with E-state index >= 15 is 0 Å². The van der Waals surface area contributed by atoms with Gasteiger partial charge in [-0.05, 0) is 36.7 Å². The molecule has 9 nitrogen and oxygen atoms in total. The molecule has 0 saturated carbocycles. The lowest BCUT2D eigenvalue weighted by atomic mass is 10.1. The van der Waals surface area contributed by atoms with Crippen LogP contribution in [0, 0.1) is 0 Å². The van der Waals surface area contributed by atoms with Crippen LogP contribution < -0.4 is 10.6 Å². The summed E-state index contributed by atoms with van der Waals surface area (Å²) >= 11 is 11.9. The Labute approximate surface area is 193 Å². The third-order valence-electron chi connectivity index (χ3n) is 3.93. The molecular formula is C21H20Cl2N4O5. The Bertz CT molecular complexity index is 1060. The number of aromatic nitrogens is 2. The Morgan fingerprint density at radius 2 is 1.62 bits per heavy atom. The molecule has 0 aliphatic rings. The molecule has 3 rings (SSSR count). The minimum Gasteiger partial charge on any atom is -0.473 e. The minimum absolute atomic E-state index is 0.141. The van der Waals surface area contributed by atoms with Gasteiger partial charge in [-0.2, -0.15) is 5.10 Å². The molecule has 0 spiro atoms. The molecule has 1 heterocycles. The number of hydrogen-bond acceptors (Lipinski definition) is 5. The van der Waals surface area contributed by atoms with Crippen LogP contribution in [0.15, 0.2) is 60.8 Å². The third kappa shape index (κ3) is 8.38. The minimum atomic E-state index is -1.82. The second-order valence-corrected chi connectivity index (χ2v) is 7.13. The lowest BCUT2D eigenvalue weighted by Gasteiger charge is -2.05. The number of anilines is 1. The fourth-order valence-corrected chi connectivity index (χ4v) is 2.72. The maximum atomic E-state index is 12.0. The average Bonchev–Trinajstić information content (AvgIpc) is 3.22. The molecule has 4 N–H and O–H groups in total. The average molecular weight is 479 g/mol. The summed E-state index contributed by atoms with van der Waals surface area (Å²) in [6.07, 6.45) is 2.62. The highest BCUT2D eigenvalue weighted by Crippen LogP contribution is 2.24. The van der Waals surface area contributed by atoms with E-state index in [1.54, 1.807) is 35.1 Å². The van der Waals surface area contributed by atoms with Crippen molar-refractivity contribution in [2.24, 2.45) is 0 Å². The van der Waals surface area contributed by atoms with Crippen molar-refractivity contribution in [2.45, 2.75) is 6.42 Å². The van der Waals surface area contributed by atoms with Gasteiger partial charge >= 0.3 is 11.9 Å². The largest absolute Gasteiger partial charge is 0.473 e. The summed E-state index contributed by atoms with van der Waals surface area (Å²) in [7, 11) is 0.